The lowest BCUT2D eigenvalue weighted by atomic mass is 10.1. The summed E-state index contributed by atoms with van der Waals surface area (Å²) in [6, 6.07) is 10.8. The molecule has 3 rings (SSSR count). The first-order chi connectivity index (χ1) is 13.2. The highest BCUT2D eigenvalue weighted by Gasteiger charge is 2.43. The van der Waals surface area contributed by atoms with Gasteiger partial charge >= 0.3 is 6.03 Å². The maximum Gasteiger partial charge on any atom is 0.335 e. The zero-order valence-corrected chi connectivity index (χ0v) is 17.2. The Hall–Kier alpha value is -2.30. The molecule has 150 valence electrons. The summed E-state index contributed by atoms with van der Waals surface area (Å²) in [7, 11) is -0.861. The van der Waals surface area contributed by atoms with E-state index in [2.05, 4.69) is 23.5 Å². The average Bonchev–Trinajstić information content (AvgIpc) is 3.08. The van der Waals surface area contributed by atoms with Crippen LogP contribution in [0.1, 0.15) is 6.42 Å². The van der Waals surface area contributed by atoms with Gasteiger partial charge in [-0.2, -0.15) is 16.9 Å². The van der Waals surface area contributed by atoms with E-state index in [1.807, 2.05) is 24.3 Å². The predicted molar refractivity (Wildman–Crippen MR) is 109 cm³/mol. The zero-order chi connectivity index (χ0) is 20.5. The number of nitrogens with one attached hydrogen (secondary N) is 2. The number of carbonyl (C=O) groups excluding carboxylic acids is 2. The maximum absolute atomic E-state index is 13.2. The van der Waals surface area contributed by atoms with Crippen LogP contribution in [0.3, 0.4) is 0 Å². The van der Waals surface area contributed by atoms with Crippen molar-refractivity contribution < 1.29 is 18.0 Å². The molecular weight excluding hydrogens is 400 g/mol. The Morgan fingerprint density at radius 2 is 1.79 bits per heavy atom. The second-order valence-corrected chi connectivity index (χ2v) is 9.42. The molecule has 8 nitrogen and oxygen atoms in total. The number of rotatable bonds is 3. The lowest BCUT2D eigenvalue weighted by Crippen LogP contribution is -2.53. The second kappa shape index (κ2) is 7.98. The minimum atomic E-state index is -3.91. The molecule has 1 heterocycles. The molecule has 28 heavy (non-hydrogen) atoms. The lowest BCUT2D eigenvalue weighted by molar-refractivity contribution is -0.124. The second-order valence-electron chi connectivity index (χ2n) is 6.80. The molecule has 0 spiro atoms. The molecule has 0 radical (unpaired) electrons. The molecule has 0 aromatic heterocycles. The molecule has 2 N–H and O–H groups in total. The fourth-order valence-corrected chi connectivity index (χ4v) is 5.23. The smallest absolute Gasteiger partial charge is 0.330 e. The van der Waals surface area contributed by atoms with Gasteiger partial charge in [0.2, 0.25) is 10.0 Å². The van der Waals surface area contributed by atoms with Crippen molar-refractivity contribution in [2.24, 2.45) is 0 Å². The standard InChI is InChI=1S/C18H22N4O4S2/c1-21(2)18(24)20-19-17(23)16-10-14(27)11-22(16)28(25,26)15-8-7-12-5-3-4-6-13(12)9-15/h3-9,14,16,27H,10-11H2,1-2H3,(H,19,23)(H,20,24)/t14-,16+/m1/s1. The Bertz CT molecular complexity index is 1010. The third-order valence-corrected chi connectivity index (χ3v) is 6.81. The van der Waals surface area contributed by atoms with Crippen molar-refractivity contribution in [2.45, 2.75) is 22.6 Å². The van der Waals surface area contributed by atoms with Crippen molar-refractivity contribution in [2.75, 3.05) is 20.6 Å². The quantitative estimate of drug-likeness (QED) is 0.511. The Morgan fingerprint density at radius 3 is 2.46 bits per heavy atom. The fourth-order valence-electron chi connectivity index (χ4n) is 3.06. The van der Waals surface area contributed by atoms with Gasteiger partial charge in [0, 0.05) is 25.9 Å². The number of thiol groups is 1. The number of urea groups is 1. The van der Waals surface area contributed by atoms with Gasteiger partial charge in [0.05, 0.1) is 4.90 Å². The molecule has 1 fully saturated rings. The maximum atomic E-state index is 13.2. The first kappa shape index (κ1) is 20.4. The van der Waals surface area contributed by atoms with E-state index in [1.165, 1.54) is 25.1 Å². The molecule has 2 atom stereocenters. The normalized spacial score (nSPS) is 20.1. The molecular formula is C18H22N4O4S2. The molecule has 0 unspecified atom stereocenters. The van der Waals surface area contributed by atoms with Crippen molar-refractivity contribution in [1.82, 2.24) is 20.1 Å². The predicted octanol–water partition coefficient (Wildman–Crippen LogP) is 1.20. The Morgan fingerprint density at radius 1 is 1.11 bits per heavy atom. The topological polar surface area (TPSA) is 98.8 Å². The van der Waals surface area contributed by atoms with Gasteiger partial charge in [-0.15, -0.1) is 0 Å². The van der Waals surface area contributed by atoms with Crippen molar-refractivity contribution in [3.05, 3.63) is 42.5 Å². The highest BCUT2D eigenvalue weighted by molar-refractivity contribution is 7.89. The Labute approximate surface area is 169 Å². The Kier molecular flexibility index (Phi) is 5.82. The third kappa shape index (κ3) is 4.08. The van der Waals surface area contributed by atoms with Gasteiger partial charge in [-0.25, -0.2) is 18.6 Å². The van der Waals surface area contributed by atoms with E-state index in [1.54, 1.807) is 12.1 Å². The van der Waals surface area contributed by atoms with Gasteiger partial charge in [-0.1, -0.05) is 30.3 Å². The van der Waals surface area contributed by atoms with Gasteiger partial charge in [0.1, 0.15) is 6.04 Å². The number of hydrazine groups is 1. The van der Waals surface area contributed by atoms with Gasteiger partial charge < -0.3 is 4.90 Å². The van der Waals surface area contributed by atoms with E-state index in [0.29, 0.717) is 0 Å². The van der Waals surface area contributed by atoms with E-state index in [0.717, 1.165) is 15.1 Å². The number of nitrogens with zero attached hydrogens (tertiary/aromatic N) is 2. The van der Waals surface area contributed by atoms with Crippen LogP contribution >= 0.6 is 12.6 Å². The Balaban J connectivity index is 1.85. The van der Waals surface area contributed by atoms with Gasteiger partial charge in [0.15, 0.2) is 0 Å². The summed E-state index contributed by atoms with van der Waals surface area (Å²) in [4.78, 5) is 25.5. The molecule has 1 aliphatic heterocycles. The van der Waals surface area contributed by atoms with Gasteiger partial charge in [-0.3, -0.25) is 10.2 Å². The minimum Gasteiger partial charge on any atom is -0.330 e. The number of sulfonamides is 1. The van der Waals surface area contributed by atoms with Crippen LogP contribution < -0.4 is 10.9 Å². The molecule has 0 aliphatic carbocycles. The first-order valence-corrected chi connectivity index (χ1v) is 10.6. The number of amides is 3. The van der Waals surface area contributed by atoms with Crippen LogP contribution in [0.2, 0.25) is 0 Å². The third-order valence-electron chi connectivity index (χ3n) is 4.56. The van der Waals surface area contributed by atoms with Crippen molar-refractivity contribution >= 4 is 45.4 Å². The fraction of sp³-hybridized carbons (Fsp3) is 0.333. The molecule has 2 aromatic rings. The molecule has 3 amide bonds. The summed E-state index contributed by atoms with van der Waals surface area (Å²) in [6.07, 6.45) is 0.250. The summed E-state index contributed by atoms with van der Waals surface area (Å²) < 4.78 is 27.5. The van der Waals surface area contributed by atoms with Gasteiger partial charge in [-0.05, 0) is 29.3 Å². The van der Waals surface area contributed by atoms with Crippen molar-refractivity contribution in [3.8, 4) is 0 Å². The highest BCUT2D eigenvalue weighted by Crippen LogP contribution is 2.30. The number of hydrogen-bond donors (Lipinski definition) is 3. The SMILES string of the molecule is CN(C)C(=O)NNC(=O)[C@@H]1C[C@@H](S)CN1S(=O)(=O)c1ccc2ccccc2c1. The van der Waals surface area contributed by atoms with Gasteiger partial charge in [0.25, 0.3) is 5.91 Å². The largest absolute Gasteiger partial charge is 0.335 e. The number of hydrogen-bond acceptors (Lipinski definition) is 5. The summed E-state index contributed by atoms with van der Waals surface area (Å²) in [5, 5.41) is 1.44. The summed E-state index contributed by atoms with van der Waals surface area (Å²) in [5.74, 6) is -0.601. The lowest BCUT2D eigenvalue weighted by Gasteiger charge is -2.24. The van der Waals surface area contributed by atoms with E-state index >= 15 is 0 Å². The molecule has 2 aromatic carbocycles. The van der Waals surface area contributed by atoms with Crippen LogP contribution in [0.4, 0.5) is 4.79 Å². The number of carbonyl (C=O) groups is 2. The van der Waals surface area contributed by atoms with Crippen LogP contribution in [-0.4, -0.2) is 61.5 Å². The molecule has 1 aliphatic rings. The average molecular weight is 423 g/mol. The van der Waals surface area contributed by atoms with E-state index in [-0.39, 0.29) is 23.1 Å². The van der Waals surface area contributed by atoms with E-state index in [4.69, 9.17) is 0 Å². The van der Waals surface area contributed by atoms with Crippen molar-refractivity contribution in [1.29, 1.82) is 0 Å². The molecule has 0 saturated carbocycles. The monoisotopic (exact) mass is 422 g/mol. The molecule has 1 saturated heterocycles. The minimum absolute atomic E-state index is 0.109. The number of benzene rings is 2. The van der Waals surface area contributed by atoms with Crippen LogP contribution in [-0.2, 0) is 14.8 Å². The first-order valence-electron chi connectivity index (χ1n) is 8.66. The summed E-state index contributed by atoms with van der Waals surface area (Å²) >= 11 is 4.37. The van der Waals surface area contributed by atoms with E-state index < -0.39 is 28.0 Å². The van der Waals surface area contributed by atoms with Crippen LogP contribution in [0.25, 0.3) is 10.8 Å². The van der Waals surface area contributed by atoms with Crippen LogP contribution in [0.5, 0.6) is 0 Å². The molecule has 10 heteroatoms. The molecule has 0 bridgehead atoms. The summed E-state index contributed by atoms with van der Waals surface area (Å²) in [6.45, 7) is 0.109. The summed E-state index contributed by atoms with van der Waals surface area (Å²) in [5.41, 5.74) is 4.54. The highest BCUT2D eigenvalue weighted by atomic mass is 32.2. The number of fused-ring (bicyclic) bond motifs is 1. The van der Waals surface area contributed by atoms with Crippen molar-refractivity contribution in [3.63, 3.8) is 0 Å². The van der Waals surface area contributed by atoms with Crippen LogP contribution in [0, 0.1) is 0 Å². The van der Waals surface area contributed by atoms with Crippen LogP contribution in [0.15, 0.2) is 47.4 Å². The van der Waals surface area contributed by atoms with E-state index in [9.17, 15) is 18.0 Å². The zero-order valence-electron chi connectivity index (χ0n) is 15.5.